The second-order valence-corrected chi connectivity index (χ2v) is 6.36. The Morgan fingerprint density at radius 1 is 0.960 bits per heavy atom. The quantitative estimate of drug-likeness (QED) is 0.844. The lowest BCUT2D eigenvalue weighted by atomic mass is 10.1. The van der Waals surface area contributed by atoms with E-state index in [1.807, 2.05) is 18.2 Å². The van der Waals surface area contributed by atoms with Crippen LogP contribution in [0, 0.1) is 5.82 Å². The molecule has 0 spiro atoms. The van der Waals surface area contributed by atoms with Gasteiger partial charge in [0.2, 0.25) is 5.91 Å². The number of hydrogen-bond donors (Lipinski definition) is 0. The van der Waals surface area contributed by atoms with Gasteiger partial charge in [0.15, 0.2) is 0 Å². The number of benzene rings is 2. The smallest absolute Gasteiger partial charge is 0.254 e. The Hall–Kier alpha value is -2.40. The Kier molecular flexibility index (Phi) is 5.34. The third kappa shape index (κ3) is 4.17. The fourth-order valence-corrected chi connectivity index (χ4v) is 3.08. The third-order valence-electron chi connectivity index (χ3n) is 4.29. The fraction of sp³-hybridized carbons (Fsp3) is 0.263. The largest absolute Gasteiger partial charge is 0.339 e. The summed E-state index contributed by atoms with van der Waals surface area (Å²) in [7, 11) is 0. The predicted molar refractivity (Wildman–Crippen MR) is 94.0 cm³/mol. The summed E-state index contributed by atoms with van der Waals surface area (Å²) in [5.41, 5.74) is 1.13. The highest BCUT2D eigenvalue weighted by Gasteiger charge is 2.25. The van der Waals surface area contributed by atoms with Crippen LogP contribution in [0.4, 0.5) is 4.39 Å². The van der Waals surface area contributed by atoms with Gasteiger partial charge in [-0.3, -0.25) is 9.59 Å². The van der Waals surface area contributed by atoms with Crippen LogP contribution in [0.25, 0.3) is 0 Å². The summed E-state index contributed by atoms with van der Waals surface area (Å²) in [5, 5.41) is 0.579. The first-order valence-electron chi connectivity index (χ1n) is 8.10. The predicted octanol–water partition coefficient (Wildman–Crippen LogP) is 3.01. The first-order chi connectivity index (χ1) is 12.0. The third-order valence-corrected chi connectivity index (χ3v) is 4.66. The van der Waals surface area contributed by atoms with Crippen molar-refractivity contribution in [3.8, 4) is 0 Å². The molecule has 2 aromatic carbocycles. The van der Waals surface area contributed by atoms with Crippen LogP contribution in [0.3, 0.4) is 0 Å². The Morgan fingerprint density at radius 2 is 1.64 bits per heavy atom. The fourth-order valence-electron chi connectivity index (χ4n) is 2.88. The molecule has 4 nitrogen and oxygen atoms in total. The summed E-state index contributed by atoms with van der Waals surface area (Å²) in [6, 6.07) is 12.9. The van der Waals surface area contributed by atoms with E-state index in [1.54, 1.807) is 21.9 Å². The van der Waals surface area contributed by atoms with Gasteiger partial charge in [-0.25, -0.2) is 4.39 Å². The minimum Gasteiger partial charge on any atom is -0.339 e. The van der Waals surface area contributed by atoms with Crippen LogP contribution in [-0.2, 0) is 11.2 Å². The highest BCUT2D eigenvalue weighted by atomic mass is 35.5. The van der Waals surface area contributed by atoms with E-state index in [0.717, 1.165) is 5.56 Å². The summed E-state index contributed by atoms with van der Waals surface area (Å²) in [4.78, 5) is 28.2. The molecule has 0 bridgehead atoms. The van der Waals surface area contributed by atoms with Crippen LogP contribution in [0.1, 0.15) is 15.9 Å². The number of carbonyl (C=O) groups excluding carboxylic acids is 2. The number of piperazine rings is 1. The number of amides is 2. The van der Waals surface area contributed by atoms with E-state index in [-0.39, 0.29) is 18.2 Å². The second-order valence-electron chi connectivity index (χ2n) is 5.95. The molecule has 0 unspecified atom stereocenters. The summed E-state index contributed by atoms with van der Waals surface area (Å²) in [6.07, 6.45) is 0.248. The van der Waals surface area contributed by atoms with Crippen molar-refractivity contribution >= 4 is 23.4 Å². The number of nitrogens with zero attached hydrogens (tertiary/aromatic N) is 2. The van der Waals surface area contributed by atoms with Gasteiger partial charge in [-0.05, 0) is 29.8 Å². The summed E-state index contributed by atoms with van der Waals surface area (Å²) in [5.74, 6) is -0.650. The van der Waals surface area contributed by atoms with Crippen molar-refractivity contribution in [2.75, 3.05) is 26.2 Å². The van der Waals surface area contributed by atoms with Crippen LogP contribution in [0.5, 0.6) is 0 Å². The average Bonchev–Trinajstić information content (AvgIpc) is 2.63. The first kappa shape index (κ1) is 17.4. The molecule has 0 atom stereocenters. The number of hydrogen-bond acceptors (Lipinski definition) is 2. The van der Waals surface area contributed by atoms with Crippen LogP contribution in [0.2, 0.25) is 5.02 Å². The van der Waals surface area contributed by atoms with Crippen LogP contribution in [0.15, 0.2) is 48.5 Å². The van der Waals surface area contributed by atoms with Crippen molar-refractivity contribution in [2.45, 2.75) is 6.42 Å². The molecule has 0 N–H and O–H groups in total. The Morgan fingerprint density at radius 3 is 2.32 bits per heavy atom. The molecule has 0 radical (unpaired) electrons. The van der Waals surface area contributed by atoms with Gasteiger partial charge in [0, 0.05) is 36.8 Å². The molecule has 2 aromatic rings. The van der Waals surface area contributed by atoms with E-state index in [0.29, 0.717) is 36.8 Å². The highest BCUT2D eigenvalue weighted by molar-refractivity contribution is 6.31. The molecule has 0 aliphatic carbocycles. The number of carbonyl (C=O) groups is 2. The van der Waals surface area contributed by atoms with Crippen LogP contribution in [-0.4, -0.2) is 47.8 Å². The van der Waals surface area contributed by atoms with Gasteiger partial charge >= 0.3 is 0 Å². The standard InChI is InChI=1S/C19H18ClFN2O2/c20-17-7-2-1-4-14(17)13-18(24)22-8-10-23(11-9-22)19(25)15-5-3-6-16(21)12-15/h1-7,12H,8-11,13H2. The molecule has 3 rings (SSSR count). The van der Waals surface area contributed by atoms with Gasteiger partial charge < -0.3 is 9.80 Å². The Bertz CT molecular complexity index is 788. The lowest BCUT2D eigenvalue weighted by molar-refractivity contribution is -0.131. The van der Waals surface area contributed by atoms with E-state index in [4.69, 9.17) is 11.6 Å². The van der Waals surface area contributed by atoms with Gasteiger partial charge in [0.1, 0.15) is 5.82 Å². The molecule has 2 amide bonds. The highest BCUT2D eigenvalue weighted by Crippen LogP contribution is 2.17. The van der Waals surface area contributed by atoms with E-state index >= 15 is 0 Å². The van der Waals surface area contributed by atoms with Crippen molar-refractivity contribution < 1.29 is 14.0 Å². The van der Waals surface area contributed by atoms with Crippen molar-refractivity contribution in [1.82, 2.24) is 9.80 Å². The molecule has 1 saturated heterocycles. The lowest BCUT2D eigenvalue weighted by Gasteiger charge is -2.35. The molecule has 1 heterocycles. The molecule has 0 saturated carbocycles. The maximum Gasteiger partial charge on any atom is 0.254 e. The zero-order chi connectivity index (χ0) is 17.8. The minimum absolute atomic E-state index is 0.00838. The van der Waals surface area contributed by atoms with E-state index in [2.05, 4.69) is 0 Å². The molecule has 1 aliphatic heterocycles. The van der Waals surface area contributed by atoms with Gasteiger partial charge in [-0.1, -0.05) is 35.9 Å². The zero-order valence-electron chi connectivity index (χ0n) is 13.6. The van der Waals surface area contributed by atoms with Crippen molar-refractivity contribution in [3.63, 3.8) is 0 Å². The van der Waals surface area contributed by atoms with E-state index in [1.165, 1.54) is 18.2 Å². The first-order valence-corrected chi connectivity index (χ1v) is 8.48. The molecular weight excluding hydrogens is 343 g/mol. The maximum absolute atomic E-state index is 13.3. The number of halogens is 2. The van der Waals surface area contributed by atoms with Gasteiger partial charge in [0.25, 0.3) is 5.91 Å². The van der Waals surface area contributed by atoms with Crippen molar-refractivity contribution in [1.29, 1.82) is 0 Å². The topological polar surface area (TPSA) is 40.6 Å². The maximum atomic E-state index is 13.3. The van der Waals surface area contributed by atoms with Gasteiger partial charge in [-0.2, -0.15) is 0 Å². The van der Waals surface area contributed by atoms with Crippen LogP contribution < -0.4 is 0 Å². The summed E-state index contributed by atoms with van der Waals surface area (Å²) < 4.78 is 13.3. The monoisotopic (exact) mass is 360 g/mol. The Labute approximate surface area is 150 Å². The van der Waals surface area contributed by atoms with E-state index in [9.17, 15) is 14.0 Å². The lowest BCUT2D eigenvalue weighted by Crippen LogP contribution is -2.51. The van der Waals surface area contributed by atoms with Gasteiger partial charge in [0.05, 0.1) is 6.42 Å². The van der Waals surface area contributed by atoms with Crippen molar-refractivity contribution in [3.05, 3.63) is 70.5 Å². The molecule has 130 valence electrons. The van der Waals surface area contributed by atoms with Crippen LogP contribution >= 0.6 is 11.6 Å². The molecule has 1 aliphatic rings. The number of rotatable bonds is 3. The minimum atomic E-state index is -0.431. The molecular formula is C19H18ClFN2O2. The Balaban J connectivity index is 1.57. The zero-order valence-corrected chi connectivity index (χ0v) is 14.4. The second kappa shape index (κ2) is 7.66. The van der Waals surface area contributed by atoms with Gasteiger partial charge in [-0.15, -0.1) is 0 Å². The average molecular weight is 361 g/mol. The molecule has 0 aromatic heterocycles. The molecule has 25 heavy (non-hydrogen) atoms. The normalized spacial score (nSPS) is 14.5. The van der Waals surface area contributed by atoms with Crippen molar-refractivity contribution in [2.24, 2.45) is 0 Å². The van der Waals surface area contributed by atoms with E-state index < -0.39 is 5.82 Å². The summed E-state index contributed by atoms with van der Waals surface area (Å²) in [6.45, 7) is 1.79. The summed E-state index contributed by atoms with van der Waals surface area (Å²) >= 11 is 6.10. The SMILES string of the molecule is O=C(Cc1ccccc1Cl)N1CCN(C(=O)c2cccc(F)c2)CC1. The molecule has 1 fully saturated rings. The molecule has 6 heteroatoms.